The number of carbonyl (C=O) groups is 1. The fraction of sp³-hybridized carbons (Fsp3) is 0.286. The standard InChI is InChI=1S/C21H23N3O3/c1-14(2)13-27-21(25)19-20(24-17-10-6-5-9-16(17)23-19)22-12-15-8-4-7-11-18(15)26-3/h4-11,14H,12-13H2,1-3H3,(H,22,24). The first kappa shape index (κ1) is 18.6. The van der Waals surface area contributed by atoms with Crippen LogP contribution in [0.2, 0.25) is 0 Å². The second-order valence-electron chi connectivity index (χ2n) is 6.57. The van der Waals surface area contributed by atoms with E-state index in [0.29, 0.717) is 30.0 Å². The summed E-state index contributed by atoms with van der Waals surface area (Å²) in [5, 5.41) is 3.21. The number of methoxy groups -OCH3 is 1. The van der Waals surface area contributed by atoms with E-state index in [1.165, 1.54) is 0 Å². The van der Waals surface area contributed by atoms with Crippen LogP contribution in [-0.4, -0.2) is 29.7 Å². The Bertz CT molecular complexity index is 941. The number of para-hydroxylation sites is 3. The Kier molecular flexibility index (Phi) is 5.86. The minimum Gasteiger partial charge on any atom is -0.496 e. The first-order valence-electron chi connectivity index (χ1n) is 8.88. The summed E-state index contributed by atoms with van der Waals surface area (Å²) in [5.74, 6) is 0.924. The molecule has 0 fully saturated rings. The lowest BCUT2D eigenvalue weighted by atomic mass is 10.2. The lowest BCUT2D eigenvalue weighted by molar-refractivity contribution is 0.0453. The van der Waals surface area contributed by atoms with Gasteiger partial charge in [-0.15, -0.1) is 0 Å². The molecule has 0 aliphatic rings. The molecule has 140 valence electrons. The molecule has 27 heavy (non-hydrogen) atoms. The van der Waals surface area contributed by atoms with Crippen molar-refractivity contribution in [2.75, 3.05) is 19.0 Å². The van der Waals surface area contributed by atoms with Gasteiger partial charge in [0.25, 0.3) is 0 Å². The van der Waals surface area contributed by atoms with E-state index < -0.39 is 5.97 Å². The normalized spacial score (nSPS) is 10.8. The fourth-order valence-corrected chi connectivity index (χ4v) is 2.60. The molecule has 1 heterocycles. The molecule has 0 atom stereocenters. The molecule has 0 radical (unpaired) electrons. The number of aromatic nitrogens is 2. The molecule has 0 aliphatic heterocycles. The minimum absolute atomic E-state index is 0.184. The number of carbonyl (C=O) groups excluding carboxylic acids is 1. The summed E-state index contributed by atoms with van der Waals surface area (Å²) in [4.78, 5) is 21.6. The Morgan fingerprint density at radius 3 is 2.41 bits per heavy atom. The van der Waals surface area contributed by atoms with Crippen molar-refractivity contribution in [3.05, 3.63) is 59.8 Å². The Morgan fingerprint density at radius 1 is 1.04 bits per heavy atom. The van der Waals surface area contributed by atoms with Crippen molar-refractivity contribution in [2.24, 2.45) is 5.92 Å². The highest BCUT2D eigenvalue weighted by Crippen LogP contribution is 2.22. The van der Waals surface area contributed by atoms with Crippen molar-refractivity contribution in [1.82, 2.24) is 9.97 Å². The highest BCUT2D eigenvalue weighted by Gasteiger charge is 2.18. The number of rotatable bonds is 7. The van der Waals surface area contributed by atoms with Crippen LogP contribution in [0.15, 0.2) is 48.5 Å². The molecule has 0 saturated heterocycles. The van der Waals surface area contributed by atoms with Gasteiger partial charge in [0, 0.05) is 12.1 Å². The number of nitrogens with one attached hydrogen (secondary N) is 1. The van der Waals surface area contributed by atoms with Crippen LogP contribution in [-0.2, 0) is 11.3 Å². The Balaban J connectivity index is 1.91. The third kappa shape index (κ3) is 4.53. The van der Waals surface area contributed by atoms with E-state index in [1.54, 1.807) is 7.11 Å². The predicted octanol–water partition coefficient (Wildman–Crippen LogP) is 4.06. The van der Waals surface area contributed by atoms with Crippen LogP contribution in [0.3, 0.4) is 0 Å². The van der Waals surface area contributed by atoms with E-state index >= 15 is 0 Å². The van der Waals surface area contributed by atoms with Gasteiger partial charge in [0.2, 0.25) is 0 Å². The van der Waals surface area contributed by atoms with Gasteiger partial charge < -0.3 is 14.8 Å². The molecule has 0 aliphatic carbocycles. The average Bonchev–Trinajstić information content (AvgIpc) is 2.69. The number of benzene rings is 2. The molecule has 0 unspecified atom stereocenters. The maximum absolute atomic E-state index is 12.6. The molecular formula is C21H23N3O3. The summed E-state index contributed by atoms with van der Waals surface area (Å²) < 4.78 is 10.7. The van der Waals surface area contributed by atoms with Crippen molar-refractivity contribution < 1.29 is 14.3 Å². The van der Waals surface area contributed by atoms with Crippen LogP contribution < -0.4 is 10.1 Å². The van der Waals surface area contributed by atoms with Crippen LogP contribution in [0.25, 0.3) is 11.0 Å². The summed E-state index contributed by atoms with van der Waals surface area (Å²) in [6.45, 7) is 4.75. The van der Waals surface area contributed by atoms with Crippen molar-refractivity contribution in [3.8, 4) is 5.75 Å². The second kappa shape index (κ2) is 8.49. The molecule has 6 heteroatoms. The first-order chi connectivity index (χ1) is 13.1. The average molecular weight is 365 g/mol. The molecule has 0 amide bonds. The summed E-state index contributed by atoms with van der Waals surface area (Å²) in [6.07, 6.45) is 0. The van der Waals surface area contributed by atoms with Crippen LogP contribution in [0.1, 0.15) is 29.9 Å². The molecule has 3 aromatic rings. The van der Waals surface area contributed by atoms with Gasteiger partial charge in [-0.25, -0.2) is 14.8 Å². The number of esters is 1. The number of anilines is 1. The number of nitrogens with zero attached hydrogens (tertiary/aromatic N) is 2. The number of fused-ring (bicyclic) bond motifs is 1. The van der Waals surface area contributed by atoms with E-state index in [4.69, 9.17) is 9.47 Å². The lowest BCUT2D eigenvalue weighted by Gasteiger charge is -2.13. The fourth-order valence-electron chi connectivity index (χ4n) is 2.60. The topological polar surface area (TPSA) is 73.3 Å². The second-order valence-corrected chi connectivity index (χ2v) is 6.57. The molecule has 0 saturated carbocycles. The van der Waals surface area contributed by atoms with Gasteiger partial charge in [0.15, 0.2) is 11.5 Å². The van der Waals surface area contributed by atoms with Crippen LogP contribution in [0.5, 0.6) is 5.75 Å². The van der Waals surface area contributed by atoms with Gasteiger partial charge in [-0.1, -0.05) is 44.2 Å². The largest absolute Gasteiger partial charge is 0.496 e. The van der Waals surface area contributed by atoms with Gasteiger partial charge in [0.05, 0.1) is 24.8 Å². The molecule has 0 spiro atoms. The maximum Gasteiger partial charge on any atom is 0.360 e. The maximum atomic E-state index is 12.6. The molecule has 3 rings (SSSR count). The molecule has 0 bridgehead atoms. The third-order valence-electron chi connectivity index (χ3n) is 3.95. The molecule has 2 aromatic carbocycles. The Labute approximate surface area is 158 Å². The van der Waals surface area contributed by atoms with E-state index in [-0.39, 0.29) is 11.6 Å². The third-order valence-corrected chi connectivity index (χ3v) is 3.95. The van der Waals surface area contributed by atoms with Crippen molar-refractivity contribution in [3.63, 3.8) is 0 Å². The summed E-state index contributed by atoms with van der Waals surface area (Å²) in [5.41, 5.74) is 2.50. The van der Waals surface area contributed by atoms with E-state index in [2.05, 4.69) is 15.3 Å². The summed E-state index contributed by atoms with van der Waals surface area (Å²) >= 11 is 0. The van der Waals surface area contributed by atoms with Gasteiger partial charge >= 0.3 is 5.97 Å². The molecule has 1 aromatic heterocycles. The Morgan fingerprint density at radius 2 is 1.70 bits per heavy atom. The number of ether oxygens (including phenoxy) is 2. The number of hydrogen-bond acceptors (Lipinski definition) is 6. The Hall–Kier alpha value is -3.15. The zero-order valence-electron chi connectivity index (χ0n) is 15.7. The summed E-state index contributed by atoms with van der Waals surface area (Å²) in [7, 11) is 1.63. The highest BCUT2D eigenvalue weighted by molar-refractivity contribution is 5.95. The van der Waals surface area contributed by atoms with Crippen molar-refractivity contribution in [1.29, 1.82) is 0 Å². The van der Waals surface area contributed by atoms with Crippen LogP contribution in [0.4, 0.5) is 5.82 Å². The molecule has 6 nitrogen and oxygen atoms in total. The van der Waals surface area contributed by atoms with Gasteiger partial charge in [-0.3, -0.25) is 0 Å². The van der Waals surface area contributed by atoms with Gasteiger partial charge in [-0.2, -0.15) is 0 Å². The zero-order valence-corrected chi connectivity index (χ0v) is 15.7. The monoisotopic (exact) mass is 365 g/mol. The van der Waals surface area contributed by atoms with Gasteiger partial charge in [0.1, 0.15) is 5.75 Å². The highest BCUT2D eigenvalue weighted by atomic mass is 16.5. The zero-order chi connectivity index (χ0) is 19.2. The van der Waals surface area contributed by atoms with Crippen LogP contribution in [0, 0.1) is 5.92 Å². The van der Waals surface area contributed by atoms with Crippen LogP contribution >= 0.6 is 0 Å². The summed E-state index contributed by atoms with van der Waals surface area (Å²) in [6, 6.07) is 15.1. The van der Waals surface area contributed by atoms with E-state index in [1.807, 2.05) is 62.4 Å². The quantitative estimate of drug-likeness (QED) is 0.637. The van der Waals surface area contributed by atoms with E-state index in [9.17, 15) is 4.79 Å². The SMILES string of the molecule is COc1ccccc1CNc1nc2ccccc2nc1C(=O)OCC(C)C. The molecular weight excluding hydrogens is 342 g/mol. The number of hydrogen-bond donors (Lipinski definition) is 1. The lowest BCUT2D eigenvalue weighted by Crippen LogP contribution is -2.16. The molecule has 1 N–H and O–H groups in total. The first-order valence-corrected chi connectivity index (χ1v) is 8.88. The predicted molar refractivity (Wildman–Crippen MR) is 105 cm³/mol. The van der Waals surface area contributed by atoms with Crippen molar-refractivity contribution in [2.45, 2.75) is 20.4 Å². The van der Waals surface area contributed by atoms with E-state index in [0.717, 1.165) is 11.3 Å². The smallest absolute Gasteiger partial charge is 0.360 e. The minimum atomic E-state index is -0.482. The van der Waals surface area contributed by atoms with Gasteiger partial charge in [-0.05, 0) is 24.1 Å². The van der Waals surface area contributed by atoms with Crippen molar-refractivity contribution >= 4 is 22.8 Å².